The van der Waals surface area contributed by atoms with E-state index < -0.39 is 0 Å². The smallest absolute Gasteiger partial charge is 0.226 e. The Labute approximate surface area is 98.4 Å². The first-order valence-corrected chi connectivity index (χ1v) is 6.58. The van der Waals surface area contributed by atoms with E-state index in [1.807, 2.05) is 0 Å². The van der Waals surface area contributed by atoms with Crippen LogP contribution in [0, 0.1) is 11.8 Å². The molecule has 0 saturated carbocycles. The number of nitrogens with two attached hydrogens (primary N) is 1. The molecule has 2 aliphatic rings. The minimum Gasteiger partial charge on any atom is -0.336 e. The fourth-order valence-corrected chi connectivity index (χ4v) is 3.10. The second kappa shape index (κ2) is 4.36. The zero-order valence-electron chi connectivity index (χ0n) is 10.6. The van der Waals surface area contributed by atoms with Crippen LogP contribution < -0.4 is 5.73 Å². The van der Waals surface area contributed by atoms with Gasteiger partial charge in [0.1, 0.15) is 0 Å². The van der Waals surface area contributed by atoms with Crippen molar-refractivity contribution in [3.8, 4) is 0 Å². The number of amides is 1. The van der Waals surface area contributed by atoms with Gasteiger partial charge in [-0.3, -0.25) is 4.79 Å². The van der Waals surface area contributed by atoms with E-state index in [0.29, 0.717) is 30.0 Å². The highest BCUT2D eigenvalue weighted by molar-refractivity contribution is 5.79. The number of rotatable bonds is 2. The molecule has 0 radical (unpaired) electrons. The summed E-state index contributed by atoms with van der Waals surface area (Å²) in [7, 11) is 0. The van der Waals surface area contributed by atoms with Gasteiger partial charge in [0.2, 0.25) is 5.91 Å². The fraction of sp³-hybridized carbons (Fsp3) is 0.923. The van der Waals surface area contributed by atoms with E-state index in [2.05, 4.69) is 25.7 Å². The van der Waals surface area contributed by atoms with Gasteiger partial charge in [-0.15, -0.1) is 0 Å². The number of fused-ring (bicyclic) bond motifs is 2. The van der Waals surface area contributed by atoms with E-state index in [9.17, 15) is 4.79 Å². The van der Waals surface area contributed by atoms with E-state index in [4.69, 9.17) is 5.73 Å². The Morgan fingerprint density at radius 1 is 1.19 bits per heavy atom. The van der Waals surface area contributed by atoms with Crippen LogP contribution in [0.4, 0.5) is 0 Å². The molecule has 2 bridgehead atoms. The highest BCUT2D eigenvalue weighted by Gasteiger charge is 2.43. The lowest BCUT2D eigenvalue weighted by atomic mass is 9.92. The topological polar surface area (TPSA) is 46.3 Å². The lowest BCUT2D eigenvalue weighted by molar-refractivity contribution is -0.141. The zero-order valence-corrected chi connectivity index (χ0v) is 10.6. The second-order valence-electron chi connectivity index (χ2n) is 5.89. The van der Waals surface area contributed by atoms with Gasteiger partial charge in [-0.25, -0.2) is 0 Å². The minimum absolute atomic E-state index is 0.150. The highest BCUT2D eigenvalue weighted by Crippen LogP contribution is 2.36. The largest absolute Gasteiger partial charge is 0.336 e. The van der Waals surface area contributed by atoms with Crippen molar-refractivity contribution >= 4 is 5.91 Å². The molecule has 2 heterocycles. The van der Waals surface area contributed by atoms with Crippen LogP contribution >= 0.6 is 0 Å². The van der Waals surface area contributed by atoms with Gasteiger partial charge in [-0.1, -0.05) is 20.8 Å². The van der Waals surface area contributed by atoms with Crippen LogP contribution in [0.15, 0.2) is 0 Å². The van der Waals surface area contributed by atoms with Crippen LogP contribution in [0.2, 0.25) is 0 Å². The van der Waals surface area contributed by atoms with Gasteiger partial charge >= 0.3 is 0 Å². The first kappa shape index (κ1) is 11.9. The molecule has 3 nitrogen and oxygen atoms in total. The molecule has 0 aromatic rings. The normalized spacial score (nSPS) is 35.6. The first-order chi connectivity index (χ1) is 7.50. The fourth-order valence-electron chi connectivity index (χ4n) is 3.10. The average Bonchev–Trinajstić information content (AvgIpc) is 2.49. The molecule has 92 valence electrons. The standard InChI is InChI=1S/C13H24N2O/c1-8(2)9(3)13(16)15-11-4-5-12(15)7-10(14)6-11/h8-12H,4-7,14H2,1-3H3. The Morgan fingerprint density at radius 3 is 2.12 bits per heavy atom. The van der Waals surface area contributed by atoms with Crippen LogP contribution in [-0.4, -0.2) is 28.9 Å². The molecule has 0 aliphatic carbocycles. The third-order valence-corrected chi connectivity index (χ3v) is 4.41. The Bertz CT molecular complexity index is 263. The van der Waals surface area contributed by atoms with Crippen LogP contribution in [0.3, 0.4) is 0 Å². The van der Waals surface area contributed by atoms with Crippen molar-refractivity contribution in [3.05, 3.63) is 0 Å². The number of hydrogen-bond donors (Lipinski definition) is 1. The molecule has 1 amide bonds. The summed E-state index contributed by atoms with van der Waals surface area (Å²) in [6.45, 7) is 6.31. The van der Waals surface area contributed by atoms with Gasteiger partial charge in [0.05, 0.1) is 0 Å². The second-order valence-corrected chi connectivity index (χ2v) is 5.89. The van der Waals surface area contributed by atoms with E-state index >= 15 is 0 Å². The summed E-state index contributed by atoms with van der Waals surface area (Å²) >= 11 is 0. The van der Waals surface area contributed by atoms with Crippen molar-refractivity contribution in [2.75, 3.05) is 0 Å². The van der Waals surface area contributed by atoms with E-state index in [0.717, 1.165) is 25.7 Å². The minimum atomic E-state index is 0.150. The summed E-state index contributed by atoms with van der Waals surface area (Å²) in [6.07, 6.45) is 4.34. The van der Waals surface area contributed by atoms with Crippen molar-refractivity contribution in [2.24, 2.45) is 17.6 Å². The third-order valence-electron chi connectivity index (χ3n) is 4.41. The summed E-state index contributed by atoms with van der Waals surface area (Å²) in [6, 6.07) is 1.18. The number of hydrogen-bond acceptors (Lipinski definition) is 2. The summed E-state index contributed by atoms with van der Waals surface area (Å²) < 4.78 is 0. The van der Waals surface area contributed by atoms with E-state index in [1.165, 1.54) is 0 Å². The Morgan fingerprint density at radius 2 is 1.69 bits per heavy atom. The molecule has 2 aliphatic heterocycles. The maximum atomic E-state index is 12.4. The van der Waals surface area contributed by atoms with Crippen molar-refractivity contribution in [1.29, 1.82) is 0 Å². The van der Waals surface area contributed by atoms with Crippen LogP contribution in [-0.2, 0) is 4.79 Å². The third kappa shape index (κ3) is 1.97. The average molecular weight is 224 g/mol. The Hall–Kier alpha value is -0.570. The molecule has 2 saturated heterocycles. The van der Waals surface area contributed by atoms with E-state index in [-0.39, 0.29) is 5.92 Å². The van der Waals surface area contributed by atoms with Crippen molar-refractivity contribution in [2.45, 2.75) is 64.6 Å². The number of nitrogens with zero attached hydrogens (tertiary/aromatic N) is 1. The van der Waals surface area contributed by atoms with E-state index in [1.54, 1.807) is 0 Å². The van der Waals surface area contributed by atoms with Crippen LogP contribution in [0.1, 0.15) is 46.5 Å². The Kier molecular flexibility index (Phi) is 3.24. The van der Waals surface area contributed by atoms with Gasteiger partial charge in [0, 0.05) is 24.0 Å². The van der Waals surface area contributed by atoms with Gasteiger partial charge in [-0.05, 0) is 31.6 Å². The monoisotopic (exact) mass is 224 g/mol. The molecule has 3 heteroatoms. The molecule has 2 fully saturated rings. The molecule has 3 atom stereocenters. The summed E-state index contributed by atoms with van der Waals surface area (Å²) in [4.78, 5) is 14.6. The summed E-state index contributed by atoms with van der Waals surface area (Å²) in [5.41, 5.74) is 6.02. The number of carbonyl (C=O) groups is 1. The first-order valence-electron chi connectivity index (χ1n) is 6.58. The Balaban J connectivity index is 2.08. The highest BCUT2D eigenvalue weighted by atomic mass is 16.2. The van der Waals surface area contributed by atoms with Crippen LogP contribution in [0.25, 0.3) is 0 Å². The number of carbonyl (C=O) groups excluding carboxylic acids is 1. The lowest BCUT2D eigenvalue weighted by Crippen LogP contribution is -2.52. The maximum Gasteiger partial charge on any atom is 0.226 e. The van der Waals surface area contributed by atoms with Crippen LogP contribution in [0.5, 0.6) is 0 Å². The van der Waals surface area contributed by atoms with Gasteiger partial charge in [0.25, 0.3) is 0 Å². The molecular weight excluding hydrogens is 200 g/mol. The maximum absolute atomic E-state index is 12.4. The molecule has 2 N–H and O–H groups in total. The van der Waals surface area contributed by atoms with Gasteiger partial charge in [-0.2, -0.15) is 0 Å². The SMILES string of the molecule is CC(C)C(C)C(=O)N1C2CCC1CC(N)C2. The number of piperidine rings is 1. The summed E-state index contributed by atoms with van der Waals surface area (Å²) in [5.74, 6) is 0.939. The summed E-state index contributed by atoms with van der Waals surface area (Å²) in [5, 5.41) is 0. The molecular formula is C13H24N2O. The predicted octanol–water partition coefficient (Wildman–Crippen LogP) is 1.76. The van der Waals surface area contributed by atoms with Gasteiger partial charge in [0.15, 0.2) is 0 Å². The van der Waals surface area contributed by atoms with Crippen molar-refractivity contribution in [1.82, 2.24) is 4.90 Å². The molecule has 2 rings (SSSR count). The van der Waals surface area contributed by atoms with Crippen molar-refractivity contribution in [3.63, 3.8) is 0 Å². The molecule has 0 aromatic carbocycles. The molecule has 3 unspecified atom stereocenters. The zero-order chi connectivity index (χ0) is 11.9. The predicted molar refractivity (Wildman–Crippen MR) is 64.9 cm³/mol. The van der Waals surface area contributed by atoms with Gasteiger partial charge < -0.3 is 10.6 Å². The molecule has 0 aromatic heterocycles. The quantitative estimate of drug-likeness (QED) is 0.777. The lowest BCUT2D eigenvalue weighted by Gasteiger charge is -2.39. The molecule has 16 heavy (non-hydrogen) atoms. The van der Waals surface area contributed by atoms with Crippen molar-refractivity contribution < 1.29 is 4.79 Å². The molecule has 0 spiro atoms.